The average Bonchev–Trinajstić information content (AvgIpc) is 2.78. The highest BCUT2D eigenvalue weighted by Crippen LogP contribution is 2.10. The van der Waals surface area contributed by atoms with Crippen LogP contribution >= 0.6 is 0 Å². The first-order valence-corrected chi connectivity index (χ1v) is 4.76. The fourth-order valence-corrected chi connectivity index (χ4v) is 1.24. The SMILES string of the molecule is C=Cc1nc(Cc2ccc(OC)nc2)no1. The van der Waals surface area contributed by atoms with E-state index < -0.39 is 0 Å². The van der Waals surface area contributed by atoms with Gasteiger partial charge in [0.2, 0.25) is 11.8 Å². The van der Waals surface area contributed by atoms with Gasteiger partial charge in [0.05, 0.1) is 7.11 Å². The van der Waals surface area contributed by atoms with E-state index in [0.717, 1.165) is 5.56 Å². The Morgan fingerprint density at radius 1 is 1.50 bits per heavy atom. The fraction of sp³-hybridized carbons (Fsp3) is 0.182. The van der Waals surface area contributed by atoms with Crippen molar-refractivity contribution in [3.63, 3.8) is 0 Å². The Labute approximate surface area is 92.8 Å². The number of hydrogen-bond donors (Lipinski definition) is 0. The number of methoxy groups -OCH3 is 1. The summed E-state index contributed by atoms with van der Waals surface area (Å²) in [6.45, 7) is 3.55. The van der Waals surface area contributed by atoms with E-state index in [2.05, 4.69) is 21.7 Å². The van der Waals surface area contributed by atoms with Crippen molar-refractivity contribution in [1.29, 1.82) is 0 Å². The van der Waals surface area contributed by atoms with Crippen LogP contribution in [0.3, 0.4) is 0 Å². The molecule has 5 heteroatoms. The Morgan fingerprint density at radius 2 is 2.38 bits per heavy atom. The van der Waals surface area contributed by atoms with Crippen molar-refractivity contribution in [1.82, 2.24) is 15.1 Å². The van der Waals surface area contributed by atoms with Crippen molar-refractivity contribution >= 4 is 6.08 Å². The molecule has 0 N–H and O–H groups in total. The topological polar surface area (TPSA) is 61.0 Å². The zero-order chi connectivity index (χ0) is 11.4. The lowest BCUT2D eigenvalue weighted by molar-refractivity contribution is 0.397. The second-order valence-electron chi connectivity index (χ2n) is 3.14. The molecule has 82 valence electrons. The first-order chi connectivity index (χ1) is 7.81. The molecule has 0 bridgehead atoms. The molecule has 0 spiro atoms. The second kappa shape index (κ2) is 4.57. The number of aromatic nitrogens is 3. The van der Waals surface area contributed by atoms with Crippen LogP contribution in [0.2, 0.25) is 0 Å². The zero-order valence-corrected chi connectivity index (χ0v) is 8.88. The third-order valence-electron chi connectivity index (χ3n) is 2.03. The van der Waals surface area contributed by atoms with Crippen molar-refractivity contribution in [2.45, 2.75) is 6.42 Å². The lowest BCUT2D eigenvalue weighted by atomic mass is 10.2. The molecule has 0 aliphatic heterocycles. The molecule has 5 nitrogen and oxygen atoms in total. The van der Waals surface area contributed by atoms with Crippen molar-refractivity contribution in [3.05, 3.63) is 42.2 Å². The monoisotopic (exact) mass is 217 g/mol. The summed E-state index contributed by atoms with van der Waals surface area (Å²) in [7, 11) is 1.58. The van der Waals surface area contributed by atoms with E-state index in [0.29, 0.717) is 24.0 Å². The molecule has 0 aromatic carbocycles. The van der Waals surface area contributed by atoms with Crippen molar-refractivity contribution < 1.29 is 9.26 Å². The largest absolute Gasteiger partial charge is 0.481 e. The van der Waals surface area contributed by atoms with Gasteiger partial charge in [0.15, 0.2) is 5.82 Å². The molecule has 16 heavy (non-hydrogen) atoms. The second-order valence-corrected chi connectivity index (χ2v) is 3.14. The molecular weight excluding hydrogens is 206 g/mol. The number of ether oxygens (including phenoxy) is 1. The summed E-state index contributed by atoms with van der Waals surface area (Å²) in [5.74, 6) is 1.63. The van der Waals surface area contributed by atoms with Gasteiger partial charge in [-0.25, -0.2) is 4.98 Å². The Bertz CT molecular complexity index is 476. The van der Waals surface area contributed by atoms with Crippen LogP contribution in [0.1, 0.15) is 17.3 Å². The Morgan fingerprint density at radius 3 is 2.94 bits per heavy atom. The Kier molecular flexibility index (Phi) is 2.95. The maximum absolute atomic E-state index is 4.97. The van der Waals surface area contributed by atoms with Gasteiger partial charge < -0.3 is 9.26 Å². The zero-order valence-electron chi connectivity index (χ0n) is 8.88. The van der Waals surface area contributed by atoms with Crippen LogP contribution in [0.4, 0.5) is 0 Å². The summed E-state index contributed by atoms with van der Waals surface area (Å²) in [4.78, 5) is 8.20. The van der Waals surface area contributed by atoms with Gasteiger partial charge in [0.25, 0.3) is 0 Å². The van der Waals surface area contributed by atoms with E-state index in [1.165, 1.54) is 6.08 Å². The lowest BCUT2D eigenvalue weighted by Crippen LogP contribution is -1.93. The normalized spacial score (nSPS) is 10.1. The molecule has 2 heterocycles. The summed E-state index contributed by atoms with van der Waals surface area (Å²) >= 11 is 0. The Balaban J connectivity index is 2.10. The van der Waals surface area contributed by atoms with E-state index in [4.69, 9.17) is 9.26 Å². The number of pyridine rings is 1. The van der Waals surface area contributed by atoms with Gasteiger partial charge in [-0.15, -0.1) is 0 Å². The highest BCUT2D eigenvalue weighted by atomic mass is 16.5. The molecule has 2 aromatic rings. The summed E-state index contributed by atoms with van der Waals surface area (Å²) < 4.78 is 9.87. The molecule has 0 aliphatic rings. The van der Waals surface area contributed by atoms with Gasteiger partial charge in [-0.05, 0) is 11.6 Å². The summed E-state index contributed by atoms with van der Waals surface area (Å²) in [5.41, 5.74) is 0.997. The molecule has 0 saturated carbocycles. The first-order valence-electron chi connectivity index (χ1n) is 4.76. The van der Waals surface area contributed by atoms with Crippen LogP contribution in [0.25, 0.3) is 6.08 Å². The van der Waals surface area contributed by atoms with Crippen LogP contribution in [0, 0.1) is 0 Å². The molecule has 0 unspecified atom stereocenters. The number of hydrogen-bond acceptors (Lipinski definition) is 5. The van der Waals surface area contributed by atoms with Crippen LogP contribution in [-0.4, -0.2) is 22.2 Å². The van der Waals surface area contributed by atoms with Gasteiger partial charge in [0, 0.05) is 18.7 Å². The van der Waals surface area contributed by atoms with Crippen LogP contribution in [0.15, 0.2) is 29.4 Å². The van der Waals surface area contributed by atoms with Gasteiger partial charge in [-0.3, -0.25) is 0 Å². The summed E-state index contributed by atoms with van der Waals surface area (Å²) in [5, 5.41) is 3.81. The third kappa shape index (κ3) is 2.25. The third-order valence-corrected chi connectivity index (χ3v) is 2.03. The van der Waals surface area contributed by atoms with Crippen molar-refractivity contribution in [2.24, 2.45) is 0 Å². The van der Waals surface area contributed by atoms with E-state index >= 15 is 0 Å². The quantitative estimate of drug-likeness (QED) is 0.780. The molecular formula is C11H11N3O2. The molecule has 0 aliphatic carbocycles. The van der Waals surface area contributed by atoms with E-state index in [1.54, 1.807) is 19.4 Å². The van der Waals surface area contributed by atoms with Gasteiger partial charge in [0.1, 0.15) is 0 Å². The molecule has 0 fully saturated rings. The summed E-state index contributed by atoms with van der Waals surface area (Å²) in [6, 6.07) is 3.71. The van der Waals surface area contributed by atoms with Crippen molar-refractivity contribution in [2.75, 3.05) is 7.11 Å². The minimum atomic E-state index is 0.427. The smallest absolute Gasteiger partial charge is 0.250 e. The van der Waals surface area contributed by atoms with Crippen LogP contribution < -0.4 is 4.74 Å². The molecule has 0 radical (unpaired) electrons. The summed E-state index contributed by atoms with van der Waals surface area (Å²) in [6.07, 6.45) is 3.82. The van der Waals surface area contributed by atoms with Gasteiger partial charge in [-0.2, -0.15) is 4.98 Å². The van der Waals surface area contributed by atoms with Crippen LogP contribution in [-0.2, 0) is 6.42 Å². The predicted molar refractivity (Wildman–Crippen MR) is 58.0 cm³/mol. The van der Waals surface area contributed by atoms with E-state index in [9.17, 15) is 0 Å². The maximum atomic E-state index is 4.97. The molecule has 0 atom stereocenters. The van der Waals surface area contributed by atoms with Gasteiger partial charge in [-0.1, -0.05) is 17.8 Å². The number of nitrogens with zero attached hydrogens (tertiary/aromatic N) is 3. The minimum Gasteiger partial charge on any atom is -0.481 e. The highest BCUT2D eigenvalue weighted by Gasteiger charge is 2.04. The first kappa shape index (κ1) is 10.4. The van der Waals surface area contributed by atoms with E-state index in [-0.39, 0.29) is 0 Å². The van der Waals surface area contributed by atoms with E-state index in [1.807, 2.05) is 6.07 Å². The predicted octanol–water partition coefficient (Wildman–Crippen LogP) is 1.71. The maximum Gasteiger partial charge on any atom is 0.250 e. The lowest BCUT2D eigenvalue weighted by Gasteiger charge is -1.99. The fourth-order valence-electron chi connectivity index (χ4n) is 1.24. The molecule has 2 rings (SSSR count). The highest BCUT2D eigenvalue weighted by molar-refractivity contribution is 5.33. The molecule has 2 aromatic heterocycles. The molecule has 0 amide bonds. The number of rotatable bonds is 4. The van der Waals surface area contributed by atoms with Crippen LogP contribution in [0.5, 0.6) is 5.88 Å². The van der Waals surface area contributed by atoms with Crippen molar-refractivity contribution in [3.8, 4) is 5.88 Å². The average molecular weight is 217 g/mol. The standard InChI is InChI=1S/C11H11N3O2/c1-3-10-13-9(14-16-10)6-8-4-5-11(15-2)12-7-8/h3-5,7H,1,6H2,2H3. The van der Waals surface area contributed by atoms with Gasteiger partial charge >= 0.3 is 0 Å². The minimum absolute atomic E-state index is 0.427. The Hall–Kier alpha value is -2.17. The molecule has 0 saturated heterocycles.